The molecule has 0 saturated heterocycles. The maximum Gasteiger partial charge on any atom is 0.0534 e. The molecular formula is C13H25N3. The topological polar surface area (TPSA) is 29.9 Å². The first-order valence-electron chi connectivity index (χ1n) is 6.48. The highest BCUT2D eigenvalue weighted by Crippen LogP contribution is 2.12. The molecule has 0 bridgehead atoms. The van der Waals surface area contributed by atoms with Crippen LogP contribution in [-0.4, -0.2) is 22.4 Å². The van der Waals surface area contributed by atoms with Crippen molar-refractivity contribution in [3.63, 3.8) is 0 Å². The zero-order valence-electron chi connectivity index (χ0n) is 10.8. The van der Waals surface area contributed by atoms with Crippen LogP contribution in [-0.2, 0) is 6.54 Å². The van der Waals surface area contributed by atoms with Crippen molar-refractivity contribution in [2.24, 2.45) is 5.92 Å². The molecule has 0 aliphatic carbocycles. The fraction of sp³-hybridized carbons (Fsp3) is 0.769. The zero-order chi connectivity index (χ0) is 11.8. The van der Waals surface area contributed by atoms with Crippen LogP contribution in [0, 0.1) is 5.92 Å². The average Bonchev–Trinajstić information content (AvgIpc) is 2.77. The van der Waals surface area contributed by atoms with Gasteiger partial charge in [-0.2, -0.15) is 5.10 Å². The van der Waals surface area contributed by atoms with E-state index < -0.39 is 0 Å². The van der Waals surface area contributed by atoms with Gasteiger partial charge in [-0.05, 0) is 24.8 Å². The number of nitrogens with zero attached hydrogens (tertiary/aromatic N) is 2. The molecule has 3 nitrogen and oxygen atoms in total. The fourth-order valence-electron chi connectivity index (χ4n) is 2.20. The first kappa shape index (κ1) is 13.2. The van der Waals surface area contributed by atoms with Crippen LogP contribution < -0.4 is 5.32 Å². The van der Waals surface area contributed by atoms with Gasteiger partial charge in [0.2, 0.25) is 0 Å². The maximum atomic E-state index is 4.20. The normalized spacial score (nSPS) is 14.9. The molecule has 2 unspecified atom stereocenters. The summed E-state index contributed by atoms with van der Waals surface area (Å²) in [5, 5.41) is 7.83. The van der Waals surface area contributed by atoms with E-state index in [0.29, 0.717) is 6.04 Å². The molecule has 0 spiro atoms. The number of nitrogens with one attached hydrogen (secondary N) is 1. The van der Waals surface area contributed by atoms with E-state index in [1.807, 2.05) is 23.1 Å². The molecule has 0 aromatic carbocycles. The Kier molecular flexibility index (Phi) is 6.16. The van der Waals surface area contributed by atoms with Gasteiger partial charge < -0.3 is 5.32 Å². The van der Waals surface area contributed by atoms with Crippen LogP contribution in [0.25, 0.3) is 0 Å². The lowest BCUT2D eigenvalue weighted by molar-refractivity contribution is 0.338. The lowest BCUT2D eigenvalue weighted by Gasteiger charge is -2.23. The Labute approximate surface area is 99.2 Å². The van der Waals surface area contributed by atoms with Crippen molar-refractivity contribution in [1.29, 1.82) is 0 Å². The quantitative estimate of drug-likeness (QED) is 0.734. The fourth-order valence-corrected chi connectivity index (χ4v) is 2.20. The molecule has 0 radical (unpaired) electrons. The van der Waals surface area contributed by atoms with Crippen LogP contribution in [0.1, 0.15) is 40.0 Å². The molecule has 0 amide bonds. The lowest BCUT2D eigenvalue weighted by Crippen LogP contribution is -2.36. The minimum atomic E-state index is 0.649. The molecular weight excluding hydrogens is 198 g/mol. The van der Waals surface area contributed by atoms with E-state index in [0.717, 1.165) is 19.0 Å². The van der Waals surface area contributed by atoms with Gasteiger partial charge >= 0.3 is 0 Å². The maximum absolute atomic E-state index is 4.20. The first-order valence-corrected chi connectivity index (χ1v) is 6.48. The second-order valence-electron chi connectivity index (χ2n) is 4.50. The second kappa shape index (κ2) is 7.44. The predicted octanol–water partition coefficient (Wildman–Crippen LogP) is 2.69. The van der Waals surface area contributed by atoms with Crippen LogP contribution in [0.5, 0.6) is 0 Å². The molecule has 92 valence electrons. The molecule has 1 rings (SSSR count). The van der Waals surface area contributed by atoms with Gasteiger partial charge in [0.1, 0.15) is 0 Å². The van der Waals surface area contributed by atoms with Crippen molar-refractivity contribution in [1.82, 2.24) is 15.1 Å². The first-order chi connectivity index (χ1) is 7.77. The van der Waals surface area contributed by atoms with E-state index in [2.05, 4.69) is 31.2 Å². The van der Waals surface area contributed by atoms with Gasteiger partial charge in [0.15, 0.2) is 0 Å². The number of hydrogen-bond donors (Lipinski definition) is 1. The standard InChI is InChI=1S/C13H25N3/c1-4-7-12(3)13(5-2)14-9-11-16-10-6-8-15-16/h6,8,10,12-14H,4-5,7,9,11H2,1-3H3. The summed E-state index contributed by atoms with van der Waals surface area (Å²) in [4.78, 5) is 0. The second-order valence-corrected chi connectivity index (χ2v) is 4.50. The summed E-state index contributed by atoms with van der Waals surface area (Å²) in [7, 11) is 0. The van der Waals surface area contributed by atoms with Crippen LogP contribution in [0.2, 0.25) is 0 Å². The summed E-state index contributed by atoms with van der Waals surface area (Å²) >= 11 is 0. The van der Waals surface area contributed by atoms with E-state index in [4.69, 9.17) is 0 Å². The third-order valence-corrected chi connectivity index (χ3v) is 3.18. The van der Waals surface area contributed by atoms with Gasteiger partial charge in [0.05, 0.1) is 6.54 Å². The average molecular weight is 223 g/mol. The third kappa shape index (κ3) is 4.35. The van der Waals surface area contributed by atoms with E-state index in [1.54, 1.807) is 0 Å². The van der Waals surface area contributed by atoms with Gasteiger partial charge in [0.25, 0.3) is 0 Å². The van der Waals surface area contributed by atoms with Gasteiger partial charge in [0, 0.05) is 25.0 Å². The minimum absolute atomic E-state index is 0.649. The molecule has 2 atom stereocenters. The molecule has 0 aliphatic rings. The Morgan fingerprint density at radius 1 is 1.38 bits per heavy atom. The summed E-state index contributed by atoms with van der Waals surface area (Å²) in [6, 6.07) is 2.62. The highest BCUT2D eigenvalue weighted by Gasteiger charge is 2.13. The molecule has 16 heavy (non-hydrogen) atoms. The number of aromatic nitrogens is 2. The van der Waals surface area contributed by atoms with Crippen molar-refractivity contribution < 1.29 is 0 Å². The van der Waals surface area contributed by atoms with Crippen LogP contribution in [0.4, 0.5) is 0 Å². The van der Waals surface area contributed by atoms with E-state index in [1.165, 1.54) is 19.3 Å². The minimum Gasteiger partial charge on any atom is -0.312 e. The highest BCUT2D eigenvalue weighted by atomic mass is 15.3. The summed E-state index contributed by atoms with van der Waals surface area (Å²) in [6.07, 6.45) is 7.64. The van der Waals surface area contributed by atoms with E-state index in [-0.39, 0.29) is 0 Å². The Balaban J connectivity index is 2.23. The summed E-state index contributed by atoms with van der Waals surface area (Å²) in [6.45, 7) is 8.83. The highest BCUT2D eigenvalue weighted by molar-refractivity contribution is 4.78. The molecule has 0 aliphatic heterocycles. The number of rotatable bonds is 8. The van der Waals surface area contributed by atoms with Gasteiger partial charge in [-0.15, -0.1) is 0 Å². The molecule has 0 fully saturated rings. The predicted molar refractivity (Wildman–Crippen MR) is 68.4 cm³/mol. The lowest BCUT2D eigenvalue weighted by atomic mass is 9.95. The Morgan fingerprint density at radius 3 is 2.75 bits per heavy atom. The van der Waals surface area contributed by atoms with Crippen molar-refractivity contribution in [3.05, 3.63) is 18.5 Å². The number of hydrogen-bond acceptors (Lipinski definition) is 2. The van der Waals surface area contributed by atoms with E-state index >= 15 is 0 Å². The van der Waals surface area contributed by atoms with Crippen molar-refractivity contribution in [2.45, 2.75) is 52.6 Å². The van der Waals surface area contributed by atoms with Crippen molar-refractivity contribution in [2.75, 3.05) is 6.54 Å². The Hall–Kier alpha value is -0.830. The largest absolute Gasteiger partial charge is 0.312 e. The molecule has 3 heteroatoms. The molecule has 1 N–H and O–H groups in total. The Morgan fingerprint density at radius 2 is 2.19 bits per heavy atom. The van der Waals surface area contributed by atoms with Crippen LogP contribution in [0.15, 0.2) is 18.5 Å². The van der Waals surface area contributed by atoms with Crippen molar-refractivity contribution >= 4 is 0 Å². The smallest absolute Gasteiger partial charge is 0.0534 e. The summed E-state index contributed by atoms with van der Waals surface area (Å²) < 4.78 is 1.98. The van der Waals surface area contributed by atoms with Crippen LogP contribution >= 0.6 is 0 Å². The Bertz CT molecular complexity index is 256. The summed E-state index contributed by atoms with van der Waals surface area (Å²) in [5.41, 5.74) is 0. The zero-order valence-corrected chi connectivity index (χ0v) is 10.8. The van der Waals surface area contributed by atoms with Crippen LogP contribution in [0.3, 0.4) is 0 Å². The monoisotopic (exact) mass is 223 g/mol. The SMILES string of the molecule is CCCC(C)C(CC)NCCn1cccn1. The van der Waals surface area contributed by atoms with E-state index in [9.17, 15) is 0 Å². The third-order valence-electron chi connectivity index (χ3n) is 3.18. The molecule has 1 aromatic heterocycles. The molecule has 1 heterocycles. The summed E-state index contributed by atoms with van der Waals surface area (Å²) in [5.74, 6) is 0.771. The molecule has 0 saturated carbocycles. The van der Waals surface area contributed by atoms with Gasteiger partial charge in [-0.25, -0.2) is 0 Å². The van der Waals surface area contributed by atoms with Gasteiger partial charge in [-0.3, -0.25) is 4.68 Å². The van der Waals surface area contributed by atoms with Gasteiger partial charge in [-0.1, -0.05) is 27.2 Å². The van der Waals surface area contributed by atoms with Crippen molar-refractivity contribution in [3.8, 4) is 0 Å². The molecule has 1 aromatic rings.